The molecule has 1 saturated carbocycles. The molecule has 1 aromatic rings. The van der Waals surface area contributed by atoms with Crippen LogP contribution in [-0.4, -0.2) is 47.1 Å². The van der Waals surface area contributed by atoms with Crippen molar-refractivity contribution in [2.24, 2.45) is 17.3 Å². The Morgan fingerprint density at radius 2 is 1.73 bits per heavy atom. The highest BCUT2D eigenvalue weighted by atomic mass is 35.5. The van der Waals surface area contributed by atoms with Gasteiger partial charge >= 0.3 is 6.03 Å². The fourth-order valence-electron chi connectivity index (χ4n) is 5.25. The van der Waals surface area contributed by atoms with Crippen LogP contribution >= 0.6 is 11.6 Å². The Kier molecular flexibility index (Phi) is 8.00. The number of halogens is 1. The first kappa shape index (κ1) is 25.8. The van der Waals surface area contributed by atoms with Crippen LogP contribution in [0.25, 0.3) is 0 Å². The summed E-state index contributed by atoms with van der Waals surface area (Å²) >= 11 is 6.03. The average Bonchev–Trinajstić information content (AvgIpc) is 2.75. The maximum atomic E-state index is 13.5. The summed E-state index contributed by atoms with van der Waals surface area (Å²) in [6.45, 7) is 10.9. The Hall–Kier alpha value is -1.79. The van der Waals surface area contributed by atoms with Crippen LogP contribution in [0.1, 0.15) is 72.3 Å². The molecule has 3 amide bonds. The van der Waals surface area contributed by atoms with Crippen molar-refractivity contribution < 1.29 is 14.7 Å². The molecule has 1 saturated heterocycles. The second-order valence-corrected chi connectivity index (χ2v) is 11.5. The van der Waals surface area contributed by atoms with Gasteiger partial charge in [-0.05, 0) is 61.6 Å². The molecule has 2 aliphatic rings. The van der Waals surface area contributed by atoms with Crippen molar-refractivity contribution in [3.63, 3.8) is 0 Å². The molecule has 0 spiro atoms. The lowest BCUT2D eigenvalue weighted by molar-refractivity contribution is -0.155. The van der Waals surface area contributed by atoms with E-state index >= 15 is 0 Å². The molecule has 33 heavy (non-hydrogen) atoms. The molecular formula is C26H40ClN3O3. The molecule has 2 fully saturated rings. The number of piperidine rings is 1. The van der Waals surface area contributed by atoms with Gasteiger partial charge in [0, 0.05) is 29.6 Å². The van der Waals surface area contributed by atoms with Crippen LogP contribution in [0.2, 0.25) is 5.02 Å². The van der Waals surface area contributed by atoms with Crippen molar-refractivity contribution >= 4 is 23.5 Å². The Balaban J connectivity index is 1.65. The molecule has 1 aliphatic carbocycles. The minimum Gasteiger partial charge on any atom is -0.384 e. The Bertz CT molecular complexity index is 834. The van der Waals surface area contributed by atoms with E-state index in [0.717, 1.165) is 31.2 Å². The predicted molar refractivity (Wildman–Crippen MR) is 132 cm³/mol. The Labute approximate surface area is 203 Å². The third-order valence-corrected chi connectivity index (χ3v) is 7.91. The van der Waals surface area contributed by atoms with E-state index in [4.69, 9.17) is 11.6 Å². The quantitative estimate of drug-likeness (QED) is 0.575. The zero-order valence-corrected chi connectivity index (χ0v) is 21.4. The van der Waals surface area contributed by atoms with Crippen molar-refractivity contribution in [2.75, 3.05) is 13.1 Å². The molecule has 1 heterocycles. The van der Waals surface area contributed by atoms with Crippen LogP contribution in [0.3, 0.4) is 0 Å². The first-order valence-corrected chi connectivity index (χ1v) is 12.6. The fourth-order valence-corrected chi connectivity index (χ4v) is 5.38. The predicted octanol–water partition coefficient (Wildman–Crippen LogP) is 4.69. The number of amides is 3. The number of hydrogen-bond donors (Lipinski definition) is 3. The van der Waals surface area contributed by atoms with Gasteiger partial charge in [0.1, 0.15) is 6.04 Å². The normalized spacial score (nSPS) is 28.3. The van der Waals surface area contributed by atoms with Crippen molar-refractivity contribution in [3.05, 3.63) is 34.9 Å². The molecule has 2 atom stereocenters. The van der Waals surface area contributed by atoms with Gasteiger partial charge in [0.2, 0.25) is 5.91 Å². The van der Waals surface area contributed by atoms with Crippen LogP contribution in [0.15, 0.2) is 24.3 Å². The van der Waals surface area contributed by atoms with E-state index in [-0.39, 0.29) is 23.9 Å². The first-order valence-electron chi connectivity index (χ1n) is 12.3. The van der Waals surface area contributed by atoms with Crippen LogP contribution in [0.5, 0.6) is 0 Å². The summed E-state index contributed by atoms with van der Waals surface area (Å²) in [5.74, 6) is 0.573. The SMILES string of the molecule is CC1CCC(NC(=O)N[C@@H](C(=O)N2CC[C@](O)(c3ccc(Cl)cc3)C(C)(C)C2)C(C)C)CC1. The highest BCUT2D eigenvalue weighted by molar-refractivity contribution is 6.30. The molecular weight excluding hydrogens is 438 g/mol. The number of likely N-dealkylation sites (tertiary alicyclic amines) is 1. The van der Waals surface area contributed by atoms with Gasteiger partial charge in [-0.2, -0.15) is 0 Å². The maximum Gasteiger partial charge on any atom is 0.315 e. The number of aliphatic hydroxyl groups is 1. The molecule has 0 aromatic heterocycles. The number of benzene rings is 1. The van der Waals surface area contributed by atoms with E-state index in [9.17, 15) is 14.7 Å². The summed E-state index contributed by atoms with van der Waals surface area (Å²) in [6, 6.07) is 6.58. The average molecular weight is 478 g/mol. The summed E-state index contributed by atoms with van der Waals surface area (Å²) in [6.07, 6.45) is 4.63. The van der Waals surface area contributed by atoms with Crippen LogP contribution in [0.4, 0.5) is 4.79 Å². The second-order valence-electron chi connectivity index (χ2n) is 11.1. The summed E-state index contributed by atoms with van der Waals surface area (Å²) in [7, 11) is 0. The number of hydrogen-bond acceptors (Lipinski definition) is 3. The van der Waals surface area contributed by atoms with Gasteiger partial charge in [-0.1, -0.05) is 58.4 Å². The largest absolute Gasteiger partial charge is 0.384 e. The summed E-state index contributed by atoms with van der Waals surface area (Å²) in [5.41, 5.74) is -0.828. The highest BCUT2D eigenvalue weighted by Gasteiger charge is 2.50. The molecule has 1 aliphatic heterocycles. The van der Waals surface area contributed by atoms with Gasteiger partial charge in [0.05, 0.1) is 5.60 Å². The number of urea groups is 1. The van der Waals surface area contributed by atoms with E-state index in [1.807, 2.05) is 39.8 Å². The lowest BCUT2D eigenvalue weighted by atomic mass is 9.66. The summed E-state index contributed by atoms with van der Waals surface area (Å²) in [4.78, 5) is 28.0. The van der Waals surface area contributed by atoms with Gasteiger partial charge < -0.3 is 20.6 Å². The molecule has 6 nitrogen and oxygen atoms in total. The maximum absolute atomic E-state index is 13.5. The minimum absolute atomic E-state index is 0.0465. The van der Waals surface area contributed by atoms with E-state index in [2.05, 4.69) is 17.6 Å². The van der Waals surface area contributed by atoms with Crippen molar-refractivity contribution in [1.82, 2.24) is 15.5 Å². The molecule has 7 heteroatoms. The van der Waals surface area contributed by atoms with E-state index in [0.29, 0.717) is 30.5 Å². The Morgan fingerprint density at radius 1 is 1.12 bits per heavy atom. The number of rotatable bonds is 5. The lowest BCUT2D eigenvalue weighted by Gasteiger charge is -2.51. The van der Waals surface area contributed by atoms with Gasteiger partial charge in [0.15, 0.2) is 0 Å². The topological polar surface area (TPSA) is 81.7 Å². The third kappa shape index (κ3) is 5.83. The Morgan fingerprint density at radius 3 is 2.27 bits per heavy atom. The molecule has 3 rings (SSSR count). The molecule has 184 valence electrons. The molecule has 3 N–H and O–H groups in total. The standard InChI is InChI=1S/C26H40ClN3O3/c1-17(2)22(29-24(32)28-21-12-6-18(3)7-13-21)23(31)30-15-14-26(33,25(4,5)16-30)19-8-10-20(27)11-9-19/h8-11,17-18,21-22,33H,6-7,12-16H2,1-5H3,(H2,28,29,32)/t18?,21?,22-,26+/m1/s1. The number of carbonyl (C=O) groups is 2. The van der Waals surface area contributed by atoms with Crippen molar-refractivity contribution in [1.29, 1.82) is 0 Å². The highest BCUT2D eigenvalue weighted by Crippen LogP contribution is 2.46. The molecule has 0 bridgehead atoms. The van der Waals surface area contributed by atoms with Crippen molar-refractivity contribution in [3.8, 4) is 0 Å². The first-order chi connectivity index (χ1) is 15.4. The van der Waals surface area contributed by atoms with Crippen LogP contribution in [-0.2, 0) is 10.4 Å². The van der Waals surface area contributed by atoms with Gasteiger partial charge in [-0.15, -0.1) is 0 Å². The van der Waals surface area contributed by atoms with Crippen molar-refractivity contribution in [2.45, 2.75) is 84.4 Å². The van der Waals surface area contributed by atoms with E-state index < -0.39 is 17.1 Å². The summed E-state index contributed by atoms with van der Waals surface area (Å²) < 4.78 is 0. The van der Waals surface area contributed by atoms with Gasteiger partial charge in [0.25, 0.3) is 0 Å². The zero-order valence-electron chi connectivity index (χ0n) is 20.7. The van der Waals surface area contributed by atoms with E-state index in [1.54, 1.807) is 17.0 Å². The third-order valence-electron chi connectivity index (χ3n) is 7.65. The summed E-state index contributed by atoms with van der Waals surface area (Å²) in [5, 5.41) is 18.2. The van der Waals surface area contributed by atoms with Crippen LogP contribution < -0.4 is 10.6 Å². The zero-order chi connectivity index (χ0) is 24.4. The van der Waals surface area contributed by atoms with Crippen LogP contribution in [0, 0.1) is 17.3 Å². The molecule has 0 unspecified atom stereocenters. The number of nitrogens with zero attached hydrogens (tertiary/aromatic N) is 1. The lowest BCUT2D eigenvalue weighted by Crippen LogP contribution is -2.61. The van der Waals surface area contributed by atoms with Gasteiger partial charge in [-0.25, -0.2) is 4.79 Å². The van der Waals surface area contributed by atoms with E-state index in [1.165, 1.54) is 0 Å². The monoisotopic (exact) mass is 477 g/mol. The molecule has 0 radical (unpaired) electrons. The van der Waals surface area contributed by atoms with Gasteiger partial charge in [-0.3, -0.25) is 4.79 Å². The molecule has 1 aromatic carbocycles. The fraction of sp³-hybridized carbons (Fsp3) is 0.692. The minimum atomic E-state index is -1.06. The smallest absolute Gasteiger partial charge is 0.315 e. The second kappa shape index (κ2) is 10.2. The number of carbonyl (C=O) groups excluding carboxylic acids is 2. The number of nitrogens with one attached hydrogen (secondary N) is 2.